The van der Waals surface area contributed by atoms with E-state index in [2.05, 4.69) is 4.98 Å². The second-order valence-corrected chi connectivity index (χ2v) is 6.22. The molecule has 2 amide bonds. The van der Waals surface area contributed by atoms with Crippen molar-refractivity contribution in [2.24, 2.45) is 17.6 Å². The van der Waals surface area contributed by atoms with E-state index in [0.29, 0.717) is 24.0 Å². The number of carbonyl (C=O) groups excluding carboxylic acids is 2. The molecule has 1 saturated carbocycles. The fourth-order valence-electron chi connectivity index (χ4n) is 3.52. The molecule has 1 saturated heterocycles. The van der Waals surface area contributed by atoms with Crippen molar-refractivity contribution in [2.45, 2.75) is 12.5 Å². The topological polar surface area (TPSA) is 98.7 Å². The van der Waals surface area contributed by atoms with Gasteiger partial charge in [-0.2, -0.15) is 0 Å². The number of benzene rings is 1. The third kappa shape index (κ3) is 2.24. The summed E-state index contributed by atoms with van der Waals surface area (Å²) in [7, 11) is 1.58. The Labute approximate surface area is 138 Å². The van der Waals surface area contributed by atoms with Gasteiger partial charge in [-0.15, -0.1) is 0 Å². The average Bonchev–Trinajstić information content (AvgIpc) is 3.02. The number of ether oxygens (including phenoxy) is 1. The quantitative estimate of drug-likeness (QED) is 0.912. The van der Waals surface area contributed by atoms with Gasteiger partial charge in [-0.25, -0.2) is 4.98 Å². The van der Waals surface area contributed by atoms with E-state index in [1.165, 1.54) is 11.3 Å². The van der Waals surface area contributed by atoms with Crippen molar-refractivity contribution in [2.75, 3.05) is 13.7 Å². The van der Waals surface area contributed by atoms with Crippen LogP contribution in [0, 0.1) is 11.8 Å². The molecule has 7 nitrogen and oxygen atoms in total. The summed E-state index contributed by atoms with van der Waals surface area (Å²) >= 11 is 0. The van der Waals surface area contributed by atoms with Gasteiger partial charge in [0.05, 0.1) is 7.11 Å². The van der Waals surface area contributed by atoms with Crippen molar-refractivity contribution in [3.8, 4) is 17.1 Å². The summed E-state index contributed by atoms with van der Waals surface area (Å²) in [4.78, 5) is 30.2. The minimum atomic E-state index is -0.539. The molecule has 0 bridgehead atoms. The minimum absolute atomic E-state index is 0.197. The van der Waals surface area contributed by atoms with Crippen LogP contribution in [0.4, 0.5) is 0 Å². The average molecular weight is 327 g/mol. The lowest BCUT2D eigenvalue weighted by Gasteiger charge is -2.24. The van der Waals surface area contributed by atoms with Crippen LogP contribution in [0.3, 0.4) is 0 Å². The number of rotatable bonds is 4. The number of likely N-dealkylation sites (tertiary alicyclic amines) is 1. The third-order valence-electron chi connectivity index (χ3n) is 4.82. The molecule has 124 valence electrons. The summed E-state index contributed by atoms with van der Waals surface area (Å²) in [6.45, 7) is 0.548. The number of nitrogens with two attached hydrogens (primary N) is 1. The number of fused-ring (bicyclic) bond motifs is 1. The number of piperidine rings is 1. The number of amides is 2. The Balaban J connectivity index is 1.64. The van der Waals surface area contributed by atoms with E-state index in [1.807, 2.05) is 0 Å². The first kappa shape index (κ1) is 14.7. The van der Waals surface area contributed by atoms with Crippen LogP contribution in [0.2, 0.25) is 0 Å². The number of hydrogen-bond donors (Lipinski definition) is 1. The van der Waals surface area contributed by atoms with Gasteiger partial charge >= 0.3 is 0 Å². The lowest BCUT2D eigenvalue weighted by Crippen LogP contribution is -2.46. The zero-order chi connectivity index (χ0) is 16.8. The van der Waals surface area contributed by atoms with Crippen molar-refractivity contribution in [1.29, 1.82) is 0 Å². The van der Waals surface area contributed by atoms with Gasteiger partial charge in [-0.1, -0.05) is 0 Å². The highest BCUT2D eigenvalue weighted by molar-refractivity contribution is 6.00. The van der Waals surface area contributed by atoms with Gasteiger partial charge in [-0.3, -0.25) is 9.59 Å². The number of hydrogen-bond acceptors (Lipinski definition) is 5. The van der Waals surface area contributed by atoms with E-state index in [4.69, 9.17) is 14.9 Å². The van der Waals surface area contributed by atoms with Crippen molar-refractivity contribution in [1.82, 2.24) is 9.88 Å². The Morgan fingerprint density at radius 1 is 1.33 bits per heavy atom. The maximum absolute atomic E-state index is 12.9. The molecule has 2 fully saturated rings. The number of nitrogens with zero attached hydrogens (tertiary/aromatic N) is 2. The number of oxazole rings is 1. The number of aromatic nitrogens is 1. The molecule has 3 atom stereocenters. The molecule has 2 heterocycles. The lowest BCUT2D eigenvalue weighted by molar-refractivity contribution is -0.122. The van der Waals surface area contributed by atoms with E-state index >= 15 is 0 Å². The maximum atomic E-state index is 12.9. The van der Waals surface area contributed by atoms with E-state index in [1.54, 1.807) is 31.4 Å². The summed E-state index contributed by atoms with van der Waals surface area (Å²) in [6.07, 6.45) is 2.20. The van der Waals surface area contributed by atoms with Gasteiger partial charge in [0.1, 0.15) is 11.8 Å². The molecule has 7 heteroatoms. The van der Waals surface area contributed by atoms with E-state index in [-0.39, 0.29) is 17.5 Å². The van der Waals surface area contributed by atoms with Crippen LogP contribution >= 0.6 is 0 Å². The van der Waals surface area contributed by atoms with Crippen molar-refractivity contribution in [3.63, 3.8) is 0 Å². The van der Waals surface area contributed by atoms with Crippen LogP contribution < -0.4 is 10.5 Å². The van der Waals surface area contributed by atoms with Gasteiger partial charge in [-0.05, 0) is 42.5 Å². The van der Waals surface area contributed by atoms with Gasteiger partial charge < -0.3 is 19.8 Å². The van der Waals surface area contributed by atoms with Crippen LogP contribution in [-0.4, -0.2) is 41.4 Å². The monoisotopic (exact) mass is 327 g/mol. The SMILES string of the molecule is COc1ccc(-c2ocnc2C(=O)N2C[C@H]3C[C@H]3[C@H]2C(N)=O)cc1. The van der Waals surface area contributed by atoms with Crippen LogP contribution in [0.1, 0.15) is 16.9 Å². The molecule has 24 heavy (non-hydrogen) atoms. The Morgan fingerprint density at radius 3 is 2.75 bits per heavy atom. The summed E-state index contributed by atoms with van der Waals surface area (Å²) in [5.41, 5.74) is 6.41. The highest BCUT2D eigenvalue weighted by Gasteiger charge is 2.56. The number of methoxy groups -OCH3 is 1. The first-order valence-electron chi connectivity index (χ1n) is 7.78. The Morgan fingerprint density at radius 2 is 2.08 bits per heavy atom. The molecule has 1 aliphatic heterocycles. The fourth-order valence-corrected chi connectivity index (χ4v) is 3.52. The van der Waals surface area contributed by atoms with E-state index in [0.717, 1.165) is 12.0 Å². The summed E-state index contributed by atoms with van der Waals surface area (Å²) < 4.78 is 10.6. The highest BCUT2D eigenvalue weighted by Crippen LogP contribution is 2.49. The fraction of sp³-hybridized carbons (Fsp3) is 0.353. The molecule has 1 aromatic heterocycles. The molecule has 2 aliphatic rings. The van der Waals surface area contributed by atoms with Gasteiger partial charge in [0.25, 0.3) is 5.91 Å². The maximum Gasteiger partial charge on any atom is 0.277 e. The zero-order valence-corrected chi connectivity index (χ0v) is 13.1. The minimum Gasteiger partial charge on any atom is -0.497 e. The molecular weight excluding hydrogens is 310 g/mol. The zero-order valence-electron chi connectivity index (χ0n) is 13.1. The number of primary amides is 1. The van der Waals surface area contributed by atoms with Gasteiger partial charge in [0, 0.05) is 12.1 Å². The lowest BCUT2D eigenvalue weighted by atomic mass is 10.1. The number of carbonyl (C=O) groups is 2. The summed E-state index contributed by atoms with van der Waals surface area (Å²) in [5, 5.41) is 0. The Kier molecular flexibility index (Phi) is 3.30. The molecule has 0 spiro atoms. The van der Waals surface area contributed by atoms with Gasteiger partial charge in [0.2, 0.25) is 5.91 Å². The predicted octanol–water partition coefficient (Wildman–Crippen LogP) is 1.30. The molecular formula is C17H17N3O4. The standard InChI is InChI=1S/C17H17N3O4/c1-23-11-4-2-9(3-5-11)15-13(19-8-24-15)17(22)20-7-10-6-12(10)14(20)16(18)21/h2-5,8,10,12,14H,6-7H2,1H3,(H2,18,21)/t10-,12-,14+/m1/s1. The first-order valence-corrected chi connectivity index (χ1v) is 7.78. The Hall–Kier alpha value is -2.83. The smallest absolute Gasteiger partial charge is 0.277 e. The molecule has 1 aliphatic carbocycles. The van der Waals surface area contributed by atoms with Crippen molar-refractivity contribution >= 4 is 11.8 Å². The van der Waals surface area contributed by atoms with Crippen LogP contribution in [0.25, 0.3) is 11.3 Å². The normalized spacial score (nSPS) is 24.5. The molecule has 4 rings (SSSR count). The molecule has 0 unspecified atom stereocenters. The van der Waals surface area contributed by atoms with Crippen LogP contribution in [-0.2, 0) is 4.79 Å². The first-order chi connectivity index (χ1) is 11.6. The third-order valence-corrected chi connectivity index (χ3v) is 4.82. The Bertz CT molecular complexity index is 798. The molecule has 1 aromatic carbocycles. The van der Waals surface area contributed by atoms with Crippen LogP contribution in [0.15, 0.2) is 35.1 Å². The predicted molar refractivity (Wildman–Crippen MR) is 84.1 cm³/mol. The van der Waals surface area contributed by atoms with Crippen LogP contribution in [0.5, 0.6) is 5.75 Å². The van der Waals surface area contributed by atoms with E-state index in [9.17, 15) is 9.59 Å². The summed E-state index contributed by atoms with van der Waals surface area (Å²) in [6, 6.07) is 6.61. The van der Waals surface area contributed by atoms with Crippen molar-refractivity contribution < 1.29 is 18.7 Å². The van der Waals surface area contributed by atoms with Crippen molar-refractivity contribution in [3.05, 3.63) is 36.4 Å². The van der Waals surface area contributed by atoms with Gasteiger partial charge in [0.15, 0.2) is 17.8 Å². The second kappa shape index (κ2) is 5.36. The molecule has 2 N–H and O–H groups in total. The second-order valence-electron chi connectivity index (χ2n) is 6.22. The van der Waals surface area contributed by atoms with E-state index < -0.39 is 11.9 Å². The molecule has 2 aromatic rings. The summed E-state index contributed by atoms with van der Waals surface area (Å²) in [5.74, 6) is 0.894. The highest BCUT2D eigenvalue weighted by atomic mass is 16.5. The largest absolute Gasteiger partial charge is 0.497 e. The molecule has 0 radical (unpaired) electrons.